The summed E-state index contributed by atoms with van der Waals surface area (Å²) in [4.78, 5) is 12.0. The first-order chi connectivity index (χ1) is 13.0. The Morgan fingerprint density at radius 2 is 1.64 bits per heavy atom. The number of hydrogen-bond donors (Lipinski definition) is 7. The lowest BCUT2D eigenvalue weighted by Gasteiger charge is -2.33. The van der Waals surface area contributed by atoms with E-state index in [1.807, 2.05) is 0 Å². The third-order valence-electron chi connectivity index (χ3n) is 4.22. The minimum atomic E-state index is -2.17. The Labute approximate surface area is 158 Å². The fraction of sp³-hybridized carbons (Fsp3) is 0.167. The number of benzene rings is 2. The third kappa shape index (κ3) is 3.21. The van der Waals surface area contributed by atoms with Crippen LogP contribution in [0.3, 0.4) is 0 Å². The second-order valence-corrected chi connectivity index (χ2v) is 6.33. The number of rotatable bonds is 3. The van der Waals surface area contributed by atoms with Crippen molar-refractivity contribution in [1.29, 1.82) is 0 Å². The first kappa shape index (κ1) is 19.1. The van der Waals surface area contributed by atoms with Gasteiger partial charge < -0.3 is 35.4 Å². The summed E-state index contributed by atoms with van der Waals surface area (Å²) in [5.74, 6) is -4.29. The minimum Gasteiger partial charge on any atom is -0.508 e. The molecule has 1 atom stereocenters. The molecule has 10 nitrogen and oxygen atoms in total. The largest absolute Gasteiger partial charge is 0.508 e. The number of aromatic hydroxyl groups is 5. The van der Waals surface area contributed by atoms with Gasteiger partial charge in [-0.1, -0.05) is 0 Å². The lowest BCUT2D eigenvalue weighted by molar-refractivity contribution is -0.163. The van der Waals surface area contributed by atoms with Crippen LogP contribution >= 0.6 is 0 Å². The van der Waals surface area contributed by atoms with Gasteiger partial charge in [-0.25, -0.2) is 5.06 Å². The molecule has 0 aromatic heterocycles. The molecule has 0 aliphatic carbocycles. The van der Waals surface area contributed by atoms with E-state index >= 15 is 0 Å². The molecule has 0 saturated carbocycles. The zero-order valence-electron chi connectivity index (χ0n) is 14.5. The zero-order chi connectivity index (χ0) is 20.8. The van der Waals surface area contributed by atoms with E-state index in [4.69, 9.17) is 4.74 Å². The van der Waals surface area contributed by atoms with E-state index in [1.54, 1.807) is 0 Å². The summed E-state index contributed by atoms with van der Waals surface area (Å²) in [5, 5.41) is 69.5. The normalized spacial score (nSPS) is 18.0. The Morgan fingerprint density at radius 1 is 1.04 bits per heavy atom. The molecule has 0 saturated heterocycles. The highest BCUT2D eigenvalue weighted by Crippen LogP contribution is 2.49. The molecule has 1 heterocycles. The molecule has 1 unspecified atom stereocenters. The molecule has 1 aliphatic heterocycles. The van der Waals surface area contributed by atoms with E-state index in [9.17, 15) is 40.6 Å². The van der Waals surface area contributed by atoms with E-state index in [0.29, 0.717) is 0 Å². The number of amides is 1. The second-order valence-electron chi connectivity index (χ2n) is 6.33. The highest BCUT2D eigenvalue weighted by Gasteiger charge is 2.41. The average Bonchev–Trinajstić information content (AvgIpc) is 2.57. The summed E-state index contributed by atoms with van der Waals surface area (Å²) in [6, 6.07) is 4.10. The molecule has 1 amide bonds. The van der Waals surface area contributed by atoms with Crippen LogP contribution in [0.1, 0.15) is 17.5 Å². The van der Waals surface area contributed by atoms with Crippen molar-refractivity contribution in [2.75, 3.05) is 7.05 Å². The van der Waals surface area contributed by atoms with Crippen molar-refractivity contribution in [1.82, 2.24) is 5.06 Å². The van der Waals surface area contributed by atoms with Gasteiger partial charge in [0.2, 0.25) is 5.91 Å². The number of hydroxylamine groups is 2. The van der Waals surface area contributed by atoms with Crippen LogP contribution in [0.5, 0.6) is 34.5 Å². The van der Waals surface area contributed by atoms with Gasteiger partial charge in [0.05, 0.1) is 12.0 Å². The Balaban J connectivity index is 2.19. The fourth-order valence-corrected chi connectivity index (χ4v) is 2.91. The van der Waals surface area contributed by atoms with Crippen LogP contribution in [0.15, 0.2) is 30.3 Å². The van der Waals surface area contributed by atoms with Crippen LogP contribution in [0.2, 0.25) is 0 Å². The molecule has 0 fully saturated rings. The molecule has 28 heavy (non-hydrogen) atoms. The van der Waals surface area contributed by atoms with Crippen LogP contribution in [-0.2, 0) is 10.4 Å². The molecular formula is C18H17NO9. The average molecular weight is 391 g/mol. The number of carbonyl (C=O) groups is 1. The van der Waals surface area contributed by atoms with E-state index in [0.717, 1.165) is 37.4 Å². The maximum Gasteiger partial charge on any atom is 0.249 e. The van der Waals surface area contributed by atoms with Gasteiger partial charge in [-0.15, -0.1) is 0 Å². The van der Waals surface area contributed by atoms with Gasteiger partial charge in [0, 0.05) is 24.7 Å². The molecule has 1 aliphatic rings. The Bertz CT molecular complexity index is 976. The van der Waals surface area contributed by atoms with E-state index in [-0.39, 0.29) is 33.4 Å². The quantitative estimate of drug-likeness (QED) is 0.230. The number of phenolic OH excluding ortho intramolecular Hbond substituents is 5. The predicted octanol–water partition coefficient (Wildman–Crippen LogP) is 1.07. The molecule has 10 heteroatoms. The van der Waals surface area contributed by atoms with E-state index < -0.39 is 40.9 Å². The number of hydrogen-bond acceptors (Lipinski definition) is 9. The summed E-state index contributed by atoms with van der Waals surface area (Å²) in [6.07, 6.45) is 0.340. The van der Waals surface area contributed by atoms with Crippen molar-refractivity contribution in [3.8, 4) is 34.5 Å². The SMILES string of the molecule is CN(O)C(=O)CC1(O)C=C(c2cc(O)c(O)c(O)c2)Oc2cc(O)cc(O)c21. The van der Waals surface area contributed by atoms with E-state index in [2.05, 4.69) is 0 Å². The second kappa shape index (κ2) is 6.51. The monoisotopic (exact) mass is 391 g/mol. The highest BCUT2D eigenvalue weighted by molar-refractivity contribution is 5.80. The summed E-state index contributed by atoms with van der Waals surface area (Å²) in [5.41, 5.74) is -2.38. The minimum absolute atomic E-state index is 0.0181. The van der Waals surface area contributed by atoms with Gasteiger partial charge in [0.25, 0.3) is 0 Å². The van der Waals surface area contributed by atoms with Gasteiger partial charge in [-0.3, -0.25) is 10.0 Å². The predicted molar refractivity (Wildman–Crippen MR) is 92.9 cm³/mol. The highest BCUT2D eigenvalue weighted by atomic mass is 16.5. The standard InChI is InChI=1S/C18H17NO9/c1-19(27)15(24)7-18(26)6-14(8-2-11(22)17(25)12(23)3-8)28-13-5-9(20)4-10(21)16(13)18/h2-6,20-23,25-27H,7H2,1H3. The van der Waals surface area contributed by atoms with Gasteiger partial charge in [0.1, 0.15) is 28.6 Å². The smallest absolute Gasteiger partial charge is 0.249 e. The third-order valence-corrected chi connectivity index (χ3v) is 4.22. The Hall–Kier alpha value is -3.63. The maximum absolute atomic E-state index is 12.0. The first-order valence-corrected chi connectivity index (χ1v) is 7.92. The van der Waals surface area contributed by atoms with Crippen molar-refractivity contribution >= 4 is 11.7 Å². The summed E-state index contributed by atoms with van der Waals surface area (Å²) in [7, 11) is 1.06. The van der Waals surface area contributed by atoms with Crippen molar-refractivity contribution in [3.05, 3.63) is 41.5 Å². The van der Waals surface area contributed by atoms with Crippen LogP contribution in [0.25, 0.3) is 5.76 Å². The Morgan fingerprint density at radius 3 is 2.21 bits per heavy atom. The number of carbonyl (C=O) groups excluding carboxylic acids is 1. The van der Waals surface area contributed by atoms with Crippen molar-refractivity contribution in [2.24, 2.45) is 0 Å². The maximum atomic E-state index is 12.0. The number of phenols is 5. The molecule has 148 valence electrons. The molecular weight excluding hydrogens is 374 g/mol. The van der Waals surface area contributed by atoms with Crippen LogP contribution < -0.4 is 4.74 Å². The molecule has 7 N–H and O–H groups in total. The number of ether oxygens (including phenoxy) is 1. The molecule has 2 aromatic carbocycles. The van der Waals surface area contributed by atoms with Crippen molar-refractivity contribution in [2.45, 2.75) is 12.0 Å². The molecule has 0 radical (unpaired) electrons. The molecule has 0 spiro atoms. The number of aliphatic hydroxyl groups is 1. The van der Waals surface area contributed by atoms with Gasteiger partial charge in [-0.05, 0) is 18.2 Å². The van der Waals surface area contributed by atoms with Crippen LogP contribution in [0.4, 0.5) is 0 Å². The number of nitrogens with zero attached hydrogens (tertiary/aromatic N) is 1. The van der Waals surface area contributed by atoms with Crippen molar-refractivity contribution in [3.63, 3.8) is 0 Å². The van der Waals surface area contributed by atoms with Crippen LogP contribution in [-0.4, -0.2) is 53.9 Å². The van der Waals surface area contributed by atoms with Gasteiger partial charge in [0.15, 0.2) is 17.2 Å². The topological polar surface area (TPSA) is 171 Å². The lowest BCUT2D eigenvalue weighted by Crippen LogP contribution is -2.35. The van der Waals surface area contributed by atoms with E-state index in [1.165, 1.54) is 0 Å². The summed E-state index contributed by atoms with van der Waals surface area (Å²) < 4.78 is 5.56. The first-order valence-electron chi connectivity index (χ1n) is 7.92. The zero-order valence-corrected chi connectivity index (χ0v) is 14.5. The lowest BCUT2D eigenvalue weighted by atomic mass is 9.85. The summed E-state index contributed by atoms with van der Waals surface area (Å²) in [6.45, 7) is 0. The van der Waals surface area contributed by atoms with Crippen LogP contribution in [0, 0.1) is 0 Å². The van der Waals surface area contributed by atoms with Gasteiger partial charge >= 0.3 is 0 Å². The Kier molecular flexibility index (Phi) is 4.45. The molecule has 2 aromatic rings. The van der Waals surface area contributed by atoms with Crippen molar-refractivity contribution < 1.29 is 45.4 Å². The molecule has 0 bridgehead atoms. The van der Waals surface area contributed by atoms with Gasteiger partial charge in [-0.2, -0.15) is 0 Å². The summed E-state index contributed by atoms with van der Waals surface area (Å²) >= 11 is 0. The molecule has 3 rings (SSSR count). The number of fused-ring (bicyclic) bond motifs is 1. The fourth-order valence-electron chi connectivity index (χ4n) is 2.91.